The van der Waals surface area contributed by atoms with Gasteiger partial charge in [-0.15, -0.1) is 0 Å². The number of amides is 8. The van der Waals surface area contributed by atoms with E-state index in [1.165, 1.54) is 27.7 Å². The molecule has 4 aromatic rings. The van der Waals surface area contributed by atoms with Crippen LogP contribution in [0.25, 0.3) is 0 Å². The van der Waals surface area contributed by atoms with Crippen LogP contribution in [0.1, 0.15) is 272 Å². The minimum atomic E-state index is -0.669. The van der Waals surface area contributed by atoms with E-state index in [0.29, 0.717) is 103 Å². The van der Waals surface area contributed by atoms with Gasteiger partial charge in [-0.05, 0) is 157 Å². The molecule has 4 heterocycles. The van der Waals surface area contributed by atoms with Crippen LogP contribution < -0.4 is 42.5 Å². The lowest BCUT2D eigenvalue weighted by Crippen LogP contribution is -2.44. The van der Waals surface area contributed by atoms with Gasteiger partial charge in [0, 0.05) is 150 Å². The van der Waals surface area contributed by atoms with Crippen LogP contribution in [0.15, 0.2) is 121 Å². The van der Waals surface area contributed by atoms with Crippen LogP contribution in [0.2, 0.25) is 0 Å². The van der Waals surface area contributed by atoms with Gasteiger partial charge in [-0.3, -0.25) is 76.7 Å². The summed E-state index contributed by atoms with van der Waals surface area (Å²) in [6, 6.07) is 35.5. The molecule has 780 valence electrons. The zero-order valence-electron chi connectivity index (χ0n) is 85.5. The first kappa shape index (κ1) is 123. The monoisotopic (exact) mass is 2040 g/mol. The molecule has 12 atom stereocenters. The second-order valence-electron chi connectivity index (χ2n) is 39.9. The molecule has 28 nitrogen and oxygen atoms in total. The maximum absolute atomic E-state index is 13.5. The molecule has 4 aliphatic heterocycles. The highest BCUT2D eigenvalue weighted by Gasteiger charge is 2.37. The van der Waals surface area contributed by atoms with Crippen LogP contribution in [0, 0.1) is 71.0 Å². The molecular formula is C110H156N8O20S4. The smallest absolute Gasteiger partial charge is 0.224 e. The summed E-state index contributed by atoms with van der Waals surface area (Å²) >= 11 is 4.08. The molecule has 0 unspecified atom stereocenters. The van der Waals surface area contributed by atoms with E-state index in [1.807, 2.05) is 177 Å². The van der Waals surface area contributed by atoms with Gasteiger partial charge in [-0.1, -0.05) is 256 Å². The number of ketones is 8. The maximum Gasteiger partial charge on any atom is 0.224 e. The lowest BCUT2D eigenvalue weighted by molar-refractivity contribution is -0.130. The lowest BCUT2D eigenvalue weighted by atomic mass is 9.90. The highest BCUT2D eigenvalue weighted by atomic mass is 32.2. The Morgan fingerprint density at radius 2 is 0.465 bits per heavy atom. The molecule has 4 fully saturated rings. The van der Waals surface area contributed by atoms with Crippen molar-refractivity contribution in [1.82, 2.24) is 42.5 Å². The first-order valence-corrected chi connectivity index (χ1v) is 54.7. The molecule has 0 aromatic heterocycles. The Labute approximate surface area is 857 Å². The predicted octanol–water partition coefficient (Wildman–Crippen LogP) is 14.7. The van der Waals surface area contributed by atoms with Gasteiger partial charge in [0.25, 0.3) is 0 Å². The number of Topliss-reactive ketones (excluding diaryl/α,β-unsaturated/α-hetero) is 8. The van der Waals surface area contributed by atoms with Gasteiger partial charge in [0.2, 0.25) is 47.3 Å². The number of benzene rings is 4. The van der Waals surface area contributed by atoms with Crippen LogP contribution in [0.3, 0.4) is 0 Å². The van der Waals surface area contributed by atoms with E-state index in [0.717, 1.165) is 114 Å². The summed E-state index contributed by atoms with van der Waals surface area (Å²) in [5.74, 6) is -6.32. The van der Waals surface area contributed by atoms with Gasteiger partial charge >= 0.3 is 0 Å². The summed E-state index contributed by atoms with van der Waals surface area (Å²) in [5.41, 5.74) is 3.77. The number of rotatable bonds is 24. The van der Waals surface area contributed by atoms with Crippen LogP contribution in [0.5, 0.6) is 0 Å². The lowest BCUT2D eigenvalue weighted by Gasteiger charge is -2.24. The second kappa shape index (κ2) is 68.4. The molecular weight excluding hydrogens is 1880 g/mol. The maximum atomic E-state index is 13.5. The van der Waals surface area contributed by atoms with Gasteiger partial charge in [-0.25, -0.2) is 0 Å². The fourth-order valence-electron chi connectivity index (χ4n) is 17.1. The van der Waals surface area contributed by atoms with Crippen molar-refractivity contribution in [3.63, 3.8) is 0 Å². The molecule has 4 saturated heterocycles. The number of carbonyl (C=O) groups excluding carboxylic acids is 20. The Kier molecular flexibility index (Phi) is 59.0. The fourth-order valence-corrected chi connectivity index (χ4v) is 21.2. The van der Waals surface area contributed by atoms with Crippen LogP contribution in [-0.2, 0) is 122 Å². The molecule has 8 N–H and O–H groups in total. The molecule has 32 heteroatoms. The van der Waals surface area contributed by atoms with Crippen LogP contribution in [-0.4, -0.2) is 187 Å². The van der Waals surface area contributed by atoms with E-state index < -0.39 is 71.5 Å². The third kappa shape index (κ3) is 52.0. The van der Waals surface area contributed by atoms with Gasteiger partial charge < -0.3 is 61.7 Å². The zero-order valence-corrected chi connectivity index (χ0v) is 88.7. The molecule has 4 aliphatic rings. The Morgan fingerprint density at radius 1 is 0.261 bits per heavy atom. The van der Waals surface area contributed by atoms with Crippen LogP contribution >= 0.6 is 47.0 Å². The highest BCUT2D eigenvalue weighted by Crippen LogP contribution is 2.32. The predicted molar refractivity (Wildman–Crippen MR) is 560 cm³/mol. The molecule has 8 amide bonds. The van der Waals surface area contributed by atoms with E-state index in [1.54, 1.807) is 0 Å². The highest BCUT2D eigenvalue weighted by molar-refractivity contribution is 8.14. The summed E-state index contributed by atoms with van der Waals surface area (Å²) in [5, 5.41) is 22.1. The summed E-state index contributed by atoms with van der Waals surface area (Å²) in [7, 11) is 0. The first-order chi connectivity index (χ1) is 67.6. The average molecular weight is 2040 g/mol. The normalized spacial score (nSPS) is 23.6. The van der Waals surface area contributed by atoms with Crippen molar-refractivity contribution in [2.75, 3.05) is 49.2 Å². The van der Waals surface area contributed by atoms with Gasteiger partial charge in [0.1, 0.15) is 23.1 Å². The number of thioether (sulfide) groups is 4. The first-order valence-electron chi connectivity index (χ1n) is 50.8. The van der Waals surface area contributed by atoms with Gasteiger partial charge in [0.05, 0.1) is 47.8 Å². The summed E-state index contributed by atoms with van der Waals surface area (Å²) in [4.78, 5) is 255. The minimum Gasteiger partial charge on any atom is -0.356 e. The van der Waals surface area contributed by atoms with Crippen molar-refractivity contribution >= 4 is 161 Å². The molecule has 0 bridgehead atoms. The van der Waals surface area contributed by atoms with Gasteiger partial charge in [0.15, 0.2) is 43.6 Å². The molecule has 0 aliphatic carbocycles. The van der Waals surface area contributed by atoms with E-state index in [-0.39, 0.29) is 231 Å². The minimum absolute atomic E-state index is 0.0158. The van der Waals surface area contributed by atoms with Crippen molar-refractivity contribution in [1.29, 1.82) is 0 Å². The van der Waals surface area contributed by atoms with E-state index >= 15 is 0 Å². The largest absolute Gasteiger partial charge is 0.356 e. The summed E-state index contributed by atoms with van der Waals surface area (Å²) < 4.78 is 0. The third-order valence-electron chi connectivity index (χ3n) is 24.5. The SMILES string of the molecule is CC(=O)C[C@H]1CSC(=O)[C@H](Cc2ccccc2)CC(=O)[C@H](CC(C)C)NC(=O)CCCCCCCCNC1=O.CC(=O)C[C@H]1CSC(=O)[C@H](Cc2ccccc2)CC(=O)[C@H](CC(C)C)NC(=O)CCCCCNC1=O.CC(=O)C[C@H]1CSC(=O)[C@H](Cc2ccccc2)CC(=O)[C@H](CC(C)C)NC(=O)CCCNC1=O.CC(=O)C[C@H]1CSC(=O)[C@H](Cc2ccccc2)CC(=O)[C@H](CC(C)C)NC(=O)CCNC1=O. The molecule has 0 spiro atoms. The summed E-state index contributed by atoms with van der Waals surface area (Å²) in [6.45, 7) is 23.1. The number of hydrogen-bond donors (Lipinski definition) is 8. The second-order valence-corrected chi connectivity index (χ2v) is 44.0. The van der Waals surface area contributed by atoms with E-state index in [4.69, 9.17) is 0 Å². The quantitative estimate of drug-likeness (QED) is 0.0323. The topological polar surface area (TPSA) is 438 Å². The molecule has 8 rings (SSSR count). The zero-order chi connectivity index (χ0) is 105. The van der Waals surface area contributed by atoms with Crippen molar-refractivity contribution in [2.45, 2.75) is 300 Å². The van der Waals surface area contributed by atoms with E-state index in [2.05, 4.69) is 42.5 Å². The molecule has 142 heavy (non-hydrogen) atoms. The van der Waals surface area contributed by atoms with Gasteiger partial charge in [-0.2, -0.15) is 0 Å². The Morgan fingerprint density at radius 3 is 0.704 bits per heavy atom. The fraction of sp³-hybridized carbons (Fsp3) is 0.600. The van der Waals surface area contributed by atoms with E-state index in [9.17, 15) is 95.9 Å². The van der Waals surface area contributed by atoms with Crippen LogP contribution in [0.4, 0.5) is 0 Å². The third-order valence-corrected chi connectivity index (χ3v) is 29.3. The molecule has 0 radical (unpaired) electrons. The Hall–Kier alpha value is -9.92. The summed E-state index contributed by atoms with van der Waals surface area (Å²) in [6.07, 6.45) is 12.9. The van der Waals surface area contributed by atoms with Crippen molar-refractivity contribution < 1.29 is 95.9 Å². The van der Waals surface area contributed by atoms with Crippen molar-refractivity contribution in [3.05, 3.63) is 144 Å². The number of hydrogen-bond acceptors (Lipinski definition) is 24. The van der Waals surface area contributed by atoms with Crippen molar-refractivity contribution in [3.8, 4) is 0 Å². The standard InChI is InChI=1S/C31H46N2O5S.C28H40N2O5S.C26H36N2O5S.C25H34N2O5S/c1-22(2)17-27-28(35)20-25(19-24-13-9-8-10-14-24)31(38)39-21-26(18-23(3)34)30(37)32-16-12-7-5-4-6-11-15-29(36)33-27;1-19(2)14-24-25(32)17-22(16-21-10-6-4-7-11-21)28(35)36-18-23(15-20(3)31)27(34)29-13-9-5-8-12-26(33)30-24;1-17(2)12-22-23(30)15-20(14-19-8-5-4-6-9-19)26(33)34-16-21(13-18(3)29)25(32)27-11-7-10-24(31)28-22;1-16(2)11-21-22(29)14-19(13-18-7-5-4-6-8-18)25(32)33-15-20(12-17(3)28)24(31)26-10-9-23(30)27-21/h8-10,13-14,22,25-27H,4-7,11-12,15-21H2,1-3H3,(H,32,37)(H,33,36);4,6-7,10-11,19,22-24H,5,8-9,12-18H2,1-3H3,(H,29,34)(H,30,33);4-6,8-9,17,20-22H,7,10-16H2,1-3H3,(H,27,32)(H,28,31);4-8,16,19-21H,9-15H2,1-3H3,(H,26,31)(H,27,30)/t25-,26+,27+;22-,23+,24+;20-,21+,22+;19-,20+,21+/m1111/s1. The number of carbonyl (C=O) groups is 20. The van der Waals surface area contributed by atoms with Crippen molar-refractivity contribution in [2.24, 2.45) is 71.0 Å². The Bertz CT molecular complexity index is 4750. The molecule has 0 saturated carbocycles. The molecule has 4 aromatic carbocycles. The average Bonchev–Trinajstić information content (AvgIpc) is 1.07. The number of nitrogens with one attached hydrogen (secondary N) is 8. The Balaban J connectivity index is 0.000000334.